The number of amides is 1. The molecule has 3 nitrogen and oxygen atoms in total. The molecule has 0 radical (unpaired) electrons. The van der Waals surface area contributed by atoms with Crippen LogP contribution in [-0.2, 0) is 0 Å². The fourth-order valence-electron chi connectivity index (χ4n) is 2.42. The van der Waals surface area contributed by atoms with E-state index in [0.717, 1.165) is 30.8 Å². The molecule has 18 heavy (non-hydrogen) atoms. The summed E-state index contributed by atoms with van der Waals surface area (Å²) >= 11 is 0. The normalized spacial score (nSPS) is 19.7. The molecule has 1 aromatic rings. The van der Waals surface area contributed by atoms with Crippen LogP contribution in [0.15, 0.2) is 24.3 Å². The first-order valence-corrected chi connectivity index (χ1v) is 6.73. The summed E-state index contributed by atoms with van der Waals surface area (Å²) in [5, 5.41) is 0. The SMILES string of the molecule is CCOc1ccc(C(=O)N2CCCC(C)C2)cc1. The summed E-state index contributed by atoms with van der Waals surface area (Å²) in [7, 11) is 0. The van der Waals surface area contributed by atoms with Crippen LogP contribution in [-0.4, -0.2) is 30.5 Å². The Morgan fingerprint density at radius 2 is 2.11 bits per heavy atom. The van der Waals surface area contributed by atoms with E-state index < -0.39 is 0 Å². The van der Waals surface area contributed by atoms with Gasteiger partial charge in [0.15, 0.2) is 0 Å². The van der Waals surface area contributed by atoms with Crippen molar-refractivity contribution in [2.45, 2.75) is 26.7 Å². The zero-order valence-electron chi connectivity index (χ0n) is 11.2. The summed E-state index contributed by atoms with van der Waals surface area (Å²) < 4.78 is 5.38. The number of hydrogen-bond acceptors (Lipinski definition) is 2. The number of piperidine rings is 1. The van der Waals surface area contributed by atoms with Crippen LogP contribution in [0.3, 0.4) is 0 Å². The van der Waals surface area contributed by atoms with Crippen LogP contribution in [0.4, 0.5) is 0 Å². The van der Waals surface area contributed by atoms with Crippen molar-refractivity contribution in [2.24, 2.45) is 5.92 Å². The Balaban J connectivity index is 2.03. The van der Waals surface area contributed by atoms with Crippen LogP contribution < -0.4 is 4.74 Å². The Morgan fingerprint density at radius 1 is 1.39 bits per heavy atom. The predicted octanol–water partition coefficient (Wildman–Crippen LogP) is 2.96. The van der Waals surface area contributed by atoms with Crippen LogP contribution in [0, 0.1) is 5.92 Å². The number of likely N-dealkylation sites (tertiary alicyclic amines) is 1. The Bertz CT molecular complexity index is 399. The molecule has 2 rings (SSSR count). The van der Waals surface area contributed by atoms with E-state index in [9.17, 15) is 4.79 Å². The molecule has 3 heteroatoms. The topological polar surface area (TPSA) is 29.5 Å². The van der Waals surface area contributed by atoms with Gasteiger partial charge in [-0.25, -0.2) is 0 Å². The monoisotopic (exact) mass is 247 g/mol. The van der Waals surface area contributed by atoms with Crippen molar-refractivity contribution in [3.63, 3.8) is 0 Å². The van der Waals surface area contributed by atoms with Crippen molar-refractivity contribution < 1.29 is 9.53 Å². The van der Waals surface area contributed by atoms with E-state index in [1.54, 1.807) is 0 Å². The Hall–Kier alpha value is -1.51. The van der Waals surface area contributed by atoms with Gasteiger partial charge in [0.2, 0.25) is 0 Å². The highest BCUT2D eigenvalue weighted by Crippen LogP contribution is 2.19. The summed E-state index contributed by atoms with van der Waals surface area (Å²) in [4.78, 5) is 14.3. The second-order valence-corrected chi connectivity index (χ2v) is 4.96. The van der Waals surface area contributed by atoms with Crippen molar-refractivity contribution in [2.75, 3.05) is 19.7 Å². The minimum atomic E-state index is 0.143. The number of ether oxygens (including phenoxy) is 1. The van der Waals surface area contributed by atoms with Gasteiger partial charge in [0.05, 0.1) is 6.61 Å². The van der Waals surface area contributed by atoms with E-state index in [2.05, 4.69) is 6.92 Å². The lowest BCUT2D eigenvalue weighted by molar-refractivity contribution is 0.0683. The molecule has 0 saturated carbocycles. The first kappa shape index (κ1) is 12.9. The van der Waals surface area contributed by atoms with Gasteiger partial charge in [-0.3, -0.25) is 4.79 Å². The zero-order valence-corrected chi connectivity index (χ0v) is 11.2. The van der Waals surface area contributed by atoms with Crippen LogP contribution in [0.25, 0.3) is 0 Å². The Kier molecular flexibility index (Phi) is 4.24. The second kappa shape index (κ2) is 5.89. The third-order valence-corrected chi connectivity index (χ3v) is 3.36. The van der Waals surface area contributed by atoms with Crippen LogP contribution in [0.1, 0.15) is 37.0 Å². The maximum Gasteiger partial charge on any atom is 0.253 e. The molecular weight excluding hydrogens is 226 g/mol. The summed E-state index contributed by atoms with van der Waals surface area (Å²) in [6.07, 6.45) is 2.34. The summed E-state index contributed by atoms with van der Waals surface area (Å²) in [6.45, 7) is 6.57. The van der Waals surface area contributed by atoms with Gasteiger partial charge in [-0.1, -0.05) is 6.92 Å². The lowest BCUT2D eigenvalue weighted by Gasteiger charge is -2.31. The molecule has 0 N–H and O–H groups in total. The Labute approximate surface area is 109 Å². The molecule has 0 aromatic heterocycles. The molecule has 0 spiro atoms. The number of carbonyl (C=O) groups excluding carboxylic acids is 1. The molecule has 1 aliphatic heterocycles. The molecule has 1 fully saturated rings. The average molecular weight is 247 g/mol. The molecule has 1 aliphatic rings. The van der Waals surface area contributed by atoms with Gasteiger partial charge in [-0.15, -0.1) is 0 Å². The Morgan fingerprint density at radius 3 is 2.72 bits per heavy atom. The van der Waals surface area contributed by atoms with Crippen molar-refractivity contribution in [3.8, 4) is 5.75 Å². The van der Waals surface area contributed by atoms with Crippen LogP contribution >= 0.6 is 0 Å². The second-order valence-electron chi connectivity index (χ2n) is 4.96. The van der Waals surface area contributed by atoms with Crippen molar-refractivity contribution in [1.29, 1.82) is 0 Å². The standard InChI is InChI=1S/C15H21NO2/c1-3-18-14-8-6-13(7-9-14)15(17)16-10-4-5-12(2)11-16/h6-9,12H,3-5,10-11H2,1-2H3. The molecule has 1 saturated heterocycles. The van der Waals surface area contributed by atoms with E-state index in [1.807, 2.05) is 36.1 Å². The van der Waals surface area contributed by atoms with E-state index in [0.29, 0.717) is 12.5 Å². The van der Waals surface area contributed by atoms with Crippen molar-refractivity contribution in [3.05, 3.63) is 29.8 Å². The average Bonchev–Trinajstić information content (AvgIpc) is 2.39. The quantitative estimate of drug-likeness (QED) is 0.822. The molecule has 1 atom stereocenters. The zero-order chi connectivity index (χ0) is 13.0. The molecule has 0 aliphatic carbocycles. The molecule has 0 bridgehead atoms. The van der Waals surface area contributed by atoms with Gasteiger partial charge in [0.1, 0.15) is 5.75 Å². The van der Waals surface area contributed by atoms with Gasteiger partial charge in [-0.05, 0) is 49.9 Å². The molecule has 1 unspecified atom stereocenters. The molecular formula is C15H21NO2. The maximum absolute atomic E-state index is 12.3. The first-order valence-electron chi connectivity index (χ1n) is 6.73. The van der Waals surface area contributed by atoms with E-state index in [4.69, 9.17) is 4.74 Å². The lowest BCUT2D eigenvalue weighted by Crippen LogP contribution is -2.39. The maximum atomic E-state index is 12.3. The van der Waals surface area contributed by atoms with E-state index in [1.165, 1.54) is 6.42 Å². The summed E-state index contributed by atoms with van der Waals surface area (Å²) in [5.74, 6) is 1.58. The third-order valence-electron chi connectivity index (χ3n) is 3.36. The lowest BCUT2D eigenvalue weighted by atomic mass is 9.99. The highest BCUT2D eigenvalue weighted by Gasteiger charge is 2.21. The third kappa shape index (κ3) is 3.03. The number of nitrogens with zero attached hydrogens (tertiary/aromatic N) is 1. The highest BCUT2D eigenvalue weighted by atomic mass is 16.5. The van der Waals surface area contributed by atoms with Crippen molar-refractivity contribution >= 4 is 5.91 Å². The number of carbonyl (C=O) groups is 1. The highest BCUT2D eigenvalue weighted by molar-refractivity contribution is 5.94. The molecule has 98 valence electrons. The molecule has 1 aromatic carbocycles. The van der Waals surface area contributed by atoms with Crippen molar-refractivity contribution in [1.82, 2.24) is 4.90 Å². The van der Waals surface area contributed by atoms with Gasteiger partial charge in [0, 0.05) is 18.7 Å². The minimum absolute atomic E-state index is 0.143. The predicted molar refractivity (Wildman–Crippen MR) is 71.9 cm³/mol. The molecule has 1 heterocycles. The number of hydrogen-bond donors (Lipinski definition) is 0. The number of rotatable bonds is 3. The van der Waals surface area contributed by atoms with Gasteiger partial charge >= 0.3 is 0 Å². The van der Waals surface area contributed by atoms with E-state index >= 15 is 0 Å². The van der Waals surface area contributed by atoms with Gasteiger partial charge in [0.25, 0.3) is 5.91 Å². The fourth-order valence-corrected chi connectivity index (χ4v) is 2.42. The summed E-state index contributed by atoms with van der Waals surface area (Å²) in [5.41, 5.74) is 0.757. The van der Waals surface area contributed by atoms with E-state index in [-0.39, 0.29) is 5.91 Å². The van der Waals surface area contributed by atoms with Crippen LogP contribution in [0.5, 0.6) is 5.75 Å². The first-order chi connectivity index (χ1) is 8.70. The minimum Gasteiger partial charge on any atom is -0.494 e. The smallest absolute Gasteiger partial charge is 0.253 e. The van der Waals surface area contributed by atoms with Gasteiger partial charge in [-0.2, -0.15) is 0 Å². The van der Waals surface area contributed by atoms with Crippen LogP contribution in [0.2, 0.25) is 0 Å². The number of benzene rings is 1. The largest absolute Gasteiger partial charge is 0.494 e. The van der Waals surface area contributed by atoms with Gasteiger partial charge < -0.3 is 9.64 Å². The summed E-state index contributed by atoms with van der Waals surface area (Å²) in [6, 6.07) is 7.44. The fraction of sp³-hybridized carbons (Fsp3) is 0.533. The molecule has 1 amide bonds.